The summed E-state index contributed by atoms with van der Waals surface area (Å²) >= 11 is 0. The summed E-state index contributed by atoms with van der Waals surface area (Å²) in [7, 11) is 0. The Hall–Kier alpha value is -1.62. The highest BCUT2D eigenvalue weighted by Crippen LogP contribution is 2.17. The van der Waals surface area contributed by atoms with Crippen LogP contribution in [-0.2, 0) is 11.3 Å². The number of nitrogens with two attached hydrogens (primary N) is 1. The maximum Gasteiger partial charge on any atom is 0.260 e. The zero-order valence-electron chi connectivity index (χ0n) is 12.3. The molecule has 0 heterocycles. The van der Waals surface area contributed by atoms with Gasteiger partial charge in [0.1, 0.15) is 11.6 Å². The molecule has 1 rings (SSSR count). The minimum absolute atomic E-state index is 0.136. The highest BCUT2D eigenvalue weighted by Gasteiger charge is 2.15. The quantitative estimate of drug-likeness (QED) is 0.806. The molecule has 1 amide bonds. The number of carbonyl (C=O) groups is 1. The van der Waals surface area contributed by atoms with Crippen LogP contribution < -0.4 is 15.8 Å². The highest BCUT2D eigenvalue weighted by molar-refractivity contribution is 5.80. The molecule has 1 atom stereocenters. The van der Waals surface area contributed by atoms with Gasteiger partial charge in [-0.05, 0) is 25.3 Å². The molecule has 0 fully saturated rings. The van der Waals surface area contributed by atoms with Crippen molar-refractivity contribution in [3.05, 3.63) is 29.6 Å². The van der Waals surface area contributed by atoms with E-state index < -0.39 is 11.9 Å². The van der Waals surface area contributed by atoms with Gasteiger partial charge in [0.25, 0.3) is 5.91 Å². The Labute approximate surface area is 119 Å². The monoisotopic (exact) mass is 282 g/mol. The van der Waals surface area contributed by atoms with Crippen molar-refractivity contribution in [1.82, 2.24) is 5.32 Å². The van der Waals surface area contributed by atoms with E-state index in [9.17, 15) is 9.18 Å². The van der Waals surface area contributed by atoms with Crippen LogP contribution in [0, 0.1) is 11.7 Å². The van der Waals surface area contributed by atoms with E-state index in [1.807, 2.05) is 0 Å². The maximum atomic E-state index is 13.5. The topological polar surface area (TPSA) is 64.3 Å². The van der Waals surface area contributed by atoms with E-state index in [0.717, 1.165) is 6.42 Å². The van der Waals surface area contributed by atoms with Gasteiger partial charge in [-0.3, -0.25) is 4.79 Å². The molecule has 4 nitrogen and oxygen atoms in total. The summed E-state index contributed by atoms with van der Waals surface area (Å²) in [6.45, 7) is 6.57. The van der Waals surface area contributed by atoms with E-state index >= 15 is 0 Å². The van der Waals surface area contributed by atoms with Crippen molar-refractivity contribution >= 4 is 5.91 Å². The second kappa shape index (κ2) is 7.85. The molecular formula is C15H23FN2O2. The summed E-state index contributed by atoms with van der Waals surface area (Å²) in [6, 6.07) is 4.43. The fraction of sp³-hybridized carbons (Fsp3) is 0.533. The van der Waals surface area contributed by atoms with E-state index in [1.165, 1.54) is 6.07 Å². The molecular weight excluding hydrogens is 259 g/mol. The number of nitrogens with one attached hydrogen (secondary N) is 1. The van der Waals surface area contributed by atoms with Gasteiger partial charge in [-0.15, -0.1) is 0 Å². The third-order valence-corrected chi connectivity index (χ3v) is 2.95. The second-order valence-electron chi connectivity index (χ2n) is 5.19. The lowest BCUT2D eigenvalue weighted by Gasteiger charge is -2.15. The Kier molecular flexibility index (Phi) is 6.45. The average molecular weight is 282 g/mol. The third-order valence-electron chi connectivity index (χ3n) is 2.95. The van der Waals surface area contributed by atoms with Crippen LogP contribution in [0.2, 0.25) is 0 Å². The number of amides is 1. The maximum absolute atomic E-state index is 13.5. The van der Waals surface area contributed by atoms with Crippen molar-refractivity contribution in [2.24, 2.45) is 11.7 Å². The fourth-order valence-electron chi connectivity index (χ4n) is 1.65. The predicted octanol–water partition coefficient (Wildman–Crippen LogP) is 2.21. The standard InChI is InChI=1S/C15H23FN2O2/c1-10(2)6-7-18-15(19)11(3)20-13-5-4-12(9-17)14(16)8-13/h4-5,8,10-11H,6-7,9,17H2,1-3H3,(H,18,19). The molecule has 5 heteroatoms. The number of halogens is 1. The lowest BCUT2D eigenvalue weighted by Crippen LogP contribution is -2.37. The van der Waals surface area contributed by atoms with Gasteiger partial charge in [0.05, 0.1) is 0 Å². The molecule has 0 radical (unpaired) electrons. The van der Waals surface area contributed by atoms with Crippen LogP contribution in [0.5, 0.6) is 5.75 Å². The first-order chi connectivity index (χ1) is 9.43. The van der Waals surface area contributed by atoms with Gasteiger partial charge in [0.2, 0.25) is 0 Å². The molecule has 0 aliphatic heterocycles. The van der Waals surface area contributed by atoms with Crippen molar-refractivity contribution in [3.8, 4) is 5.75 Å². The van der Waals surface area contributed by atoms with Gasteiger partial charge >= 0.3 is 0 Å². The average Bonchev–Trinajstić information content (AvgIpc) is 2.38. The number of benzene rings is 1. The highest BCUT2D eigenvalue weighted by atomic mass is 19.1. The molecule has 0 saturated heterocycles. The predicted molar refractivity (Wildman–Crippen MR) is 76.8 cm³/mol. The fourth-order valence-corrected chi connectivity index (χ4v) is 1.65. The molecule has 112 valence electrons. The van der Waals surface area contributed by atoms with E-state index in [1.54, 1.807) is 19.1 Å². The van der Waals surface area contributed by atoms with Crippen molar-refractivity contribution in [1.29, 1.82) is 0 Å². The van der Waals surface area contributed by atoms with E-state index in [2.05, 4.69) is 19.2 Å². The molecule has 0 aromatic heterocycles. The Morgan fingerprint density at radius 1 is 1.40 bits per heavy atom. The lowest BCUT2D eigenvalue weighted by atomic mass is 10.1. The summed E-state index contributed by atoms with van der Waals surface area (Å²) in [4.78, 5) is 11.8. The first kappa shape index (κ1) is 16.4. The largest absolute Gasteiger partial charge is 0.481 e. The Morgan fingerprint density at radius 2 is 2.10 bits per heavy atom. The molecule has 0 aliphatic carbocycles. The number of carbonyl (C=O) groups excluding carboxylic acids is 1. The second-order valence-corrected chi connectivity index (χ2v) is 5.19. The molecule has 0 spiro atoms. The normalized spacial score (nSPS) is 12.3. The van der Waals surface area contributed by atoms with Crippen molar-refractivity contribution < 1.29 is 13.9 Å². The van der Waals surface area contributed by atoms with E-state index in [-0.39, 0.29) is 12.5 Å². The van der Waals surface area contributed by atoms with Crippen molar-refractivity contribution in [2.75, 3.05) is 6.54 Å². The van der Waals surface area contributed by atoms with Crippen LogP contribution in [0.3, 0.4) is 0 Å². The van der Waals surface area contributed by atoms with E-state index in [0.29, 0.717) is 23.8 Å². The molecule has 20 heavy (non-hydrogen) atoms. The lowest BCUT2D eigenvalue weighted by molar-refractivity contribution is -0.127. The van der Waals surface area contributed by atoms with Gasteiger partial charge in [-0.2, -0.15) is 0 Å². The zero-order chi connectivity index (χ0) is 15.1. The molecule has 0 saturated carbocycles. The number of ether oxygens (including phenoxy) is 1. The smallest absolute Gasteiger partial charge is 0.260 e. The number of hydrogen-bond acceptors (Lipinski definition) is 3. The van der Waals surface area contributed by atoms with Gasteiger partial charge in [0.15, 0.2) is 6.10 Å². The summed E-state index contributed by atoms with van der Waals surface area (Å²) in [5.74, 6) is 0.238. The molecule has 0 aliphatic rings. The molecule has 1 unspecified atom stereocenters. The molecule has 3 N–H and O–H groups in total. The molecule has 1 aromatic rings. The first-order valence-electron chi connectivity index (χ1n) is 6.87. The summed E-state index contributed by atoms with van der Waals surface area (Å²) in [5, 5.41) is 2.79. The van der Waals surface area contributed by atoms with Gasteiger partial charge in [-0.25, -0.2) is 4.39 Å². The summed E-state index contributed by atoms with van der Waals surface area (Å²) in [5.41, 5.74) is 5.81. The Morgan fingerprint density at radius 3 is 2.65 bits per heavy atom. The first-order valence-corrected chi connectivity index (χ1v) is 6.87. The Balaban J connectivity index is 2.50. The minimum atomic E-state index is -0.662. The van der Waals surface area contributed by atoms with Crippen LogP contribution in [0.1, 0.15) is 32.8 Å². The van der Waals surface area contributed by atoms with Gasteiger partial charge in [-0.1, -0.05) is 19.9 Å². The van der Waals surface area contributed by atoms with Gasteiger partial charge in [0, 0.05) is 24.7 Å². The van der Waals surface area contributed by atoms with Crippen molar-refractivity contribution in [3.63, 3.8) is 0 Å². The zero-order valence-corrected chi connectivity index (χ0v) is 12.3. The number of rotatable bonds is 7. The number of hydrogen-bond donors (Lipinski definition) is 2. The Bertz CT molecular complexity index is 449. The van der Waals surface area contributed by atoms with Crippen LogP contribution in [0.25, 0.3) is 0 Å². The summed E-state index contributed by atoms with van der Waals surface area (Å²) < 4.78 is 19.0. The van der Waals surface area contributed by atoms with Crippen LogP contribution in [0.4, 0.5) is 4.39 Å². The van der Waals surface area contributed by atoms with Crippen LogP contribution in [0.15, 0.2) is 18.2 Å². The summed E-state index contributed by atoms with van der Waals surface area (Å²) in [6.07, 6.45) is 0.253. The SMILES string of the molecule is CC(C)CCNC(=O)C(C)Oc1ccc(CN)c(F)c1. The van der Waals surface area contributed by atoms with Crippen LogP contribution in [-0.4, -0.2) is 18.6 Å². The van der Waals surface area contributed by atoms with Gasteiger partial charge < -0.3 is 15.8 Å². The molecule has 0 bridgehead atoms. The molecule has 1 aromatic carbocycles. The third kappa shape index (κ3) is 5.17. The van der Waals surface area contributed by atoms with Crippen molar-refractivity contribution in [2.45, 2.75) is 39.8 Å². The van der Waals surface area contributed by atoms with Crippen LogP contribution >= 0.6 is 0 Å². The minimum Gasteiger partial charge on any atom is -0.481 e. The van der Waals surface area contributed by atoms with E-state index in [4.69, 9.17) is 10.5 Å².